The van der Waals surface area contributed by atoms with Crippen molar-refractivity contribution >= 4 is 15.9 Å². The average Bonchev–Trinajstić information content (AvgIpc) is 2.20. The molecular formula is C10H12BrNO2. The maximum atomic E-state index is 9.54. The second-order valence-electron chi connectivity index (χ2n) is 2.82. The maximum Gasteiger partial charge on any atom is 0.172 e. The third-order valence-electron chi connectivity index (χ3n) is 1.91. The summed E-state index contributed by atoms with van der Waals surface area (Å²) in [4.78, 5) is 0. The monoisotopic (exact) mass is 257 g/mol. The van der Waals surface area contributed by atoms with Gasteiger partial charge in [-0.05, 0) is 33.6 Å². The Morgan fingerprint density at radius 2 is 2.29 bits per heavy atom. The lowest BCUT2D eigenvalue weighted by molar-refractivity contribution is 0.371. The Kier molecular flexibility index (Phi) is 3.55. The minimum Gasteiger partial charge on any atom is -0.503 e. The Balaban J connectivity index is 3.22. The number of aromatic hydroxyl groups is 1. The van der Waals surface area contributed by atoms with Gasteiger partial charge in [-0.25, -0.2) is 0 Å². The summed E-state index contributed by atoms with van der Waals surface area (Å²) in [5.41, 5.74) is 6.60. The normalized spacial score (nSPS) is 12.2. The third kappa shape index (κ3) is 2.08. The van der Waals surface area contributed by atoms with Crippen molar-refractivity contribution in [3.63, 3.8) is 0 Å². The van der Waals surface area contributed by atoms with Crippen LogP contribution < -0.4 is 10.5 Å². The molecule has 1 rings (SSSR count). The van der Waals surface area contributed by atoms with Gasteiger partial charge in [0.15, 0.2) is 11.5 Å². The number of hydrogen-bond donors (Lipinski definition) is 2. The van der Waals surface area contributed by atoms with Crippen LogP contribution in [0.2, 0.25) is 0 Å². The van der Waals surface area contributed by atoms with Crippen molar-refractivity contribution in [2.75, 3.05) is 7.11 Å². The van der Waals surface area contributed by atoms with Crippen molar-refractivity contribution in [1.29, 1.82) is 0 Å². The largest absolute Gasteiger partial charge is 0.503 e. The smallest absolute Gasteiger partial charge is 0.172 e. The summed E-state index contributed by atoms with van der Waals surface area (Å²) in [6.45, 7) is 3.60. The van der Waals surface area contributed by atoms with E-state index in [0.717, 1.165) is 5.56 Å². The van der Waals surface area contributed by atoms with E-state index in [2.05, 4.69) is 22.5 Å². The zero-order valence-electron chi connectivity index (χ0n) is 7.83. The molecule has 0 heterocycles. The van der Waals surface area contributed by atoms with Crippen LogP contribution in [0.5, 0.6) is 11.5 Å². The highest BCUT2D eigenvalue weighted by atomic mass is 79.9. The Labute approximate surface area is 91.3 Å². The van der Waals surface area contributed by atoms with Crippen LogP contribution in [0.3, 0.4) is 0 Å². The average molecular weight is 258 g/mol. The fraction of sp³-hybridized carbons (Fsp3) is 0.200. The minimum atomic E-state index is -0.263. The van der Waals surface area contributed by atoms with Crippen LogP contribution >= 0.6 is 15.9 Å². The van der Waals surface area contributed by atoms with Gasteiger partial charge in [0, 0.05) is 6.04 Å². The summed E-state index contributed by atoms with van der Waals surface area (Å²) >= 11 is 3.22. The van der Waals surface area contributed by atoms with Crippen LogP contribution in [0.1, 0.15) is 11.6 Å². The van der Waals surface area contributed by atoms with Crippen molar-refractivity contribution < 1.29 is 9.84 Å². The highest BCUT2D eigenvalue weighted by molar-refractivity contribution is 9.10. The van der Waals surface area contributed by atoms with Gasteiger partial charge in [0.25, 0.3) is 0 Å². The molecule has 1 atom stereocenters. The molecule has 0 saturated carbocycles. The maximum absolute atomic E-state index is 9.54. The van der Waals surface area contributed by atoms with E-state index in [0.29, 0.717) is 10.2 Å². The molecule has 0 bridgehead atoms. The van der Waals surface area contributed by atoms with Gasteiger partial charge in [-0.1, -0.05) is 6.08 Å². The molecule has 0 aliphatic rings. The topological polar surface area (TPSA) is 55.5 Å². The van der Waals surface area contributed by atoms with E-state index in [1.54, 1.807) is 18.2 Å². The number of halogens is 1. The first-order valence-corrected chi connectivity index (χ1v) is 4.84. The number of nitrogens with two attached hydrogens (primary N) is 1. The molecule has 0 radical (unpaired) electrons. The molecule has 1 aromatic rings. The number of hydrogen-bond acceptors (Lipinski definition) is 3. The molecule has 76 valence electrons. The van der Waals surface area contributed by atoms with Crippen molar-refractivity contribution in [3.05, 3.63) is 34.8 Å². The molecule has 0 amide bonds. The number of phenolic OH excluding ortho intramolecular Hbond substituents is 1. The number of methoxy groups -OCH3 is 1. The second-order valence-corrected chi connectivity index (χ2v) is 3.67. The highest BCUT2D eigenvalue weighted by Crippen LogP contribution is 2.36. The lowest BCUT2D eigenvalue weighted by atomic mass is 10.1. The molecule has 1 aromatic carbocycles. The Bertz CT molecular complexity index is 352. The van der Waals surface area contributed by atoms with Gasteiger partial charge in [-0.2, -0.15) is 0 Å². The van der Waals surface area contributed by atoms with Gasteiger partial charge in [0.05, 0.1) is 11.6 Å². The standard InChI is InChI=1S/C10H12BrNO2/c1-3-8(12)6-4-7(11)10(13)9(5-6)14-2/h3-5,8,13H,1,12H2,2H3/t8-/m0/s1. The van der Waals surface area contributed by atoms with Gasteiger partial charge >= 0.3 is 0 Å². The van der Waals surface area contributed by atoms with E-state index in [1.807, 2.05) is 0 Å². The summed E-state index contributed by atoms with van der Waals surface area (Å²) in [6, 6.07) is 3.16. The van der Waals surface area contributed by atoms with E-state index in [9.17, 15) is 5.11 Å². The quantitative estimate of drug-likeness (QED) is 0.818. The number of ether oxygens (including phenoxy) is 1. The van der Waals surface area contributed by atoms with Crippen LogP contribution in [0.4, 0.5) is 0 Å². The van der Waals surface area contributed by atoms with E-state index >= 15 is 0 Å². The molecule has 0 fully saturated rings. The molecule has 4 heteroatoms. The lowest BCUT2D eigenvalue weighted by Crippen LogP contribution is -2.06. The third-order valence-corrected chi connectivity index (χ3v) is 2.51. The van der Waals surface area contributed by atoms with Crippen molar-refractivity contribution in [1.82, 2.24) is 0 Å². The lowest BCUT2D eigenvalue weighted by Gasteiger charge is -2.11. The van der Waals surface area contributed by atoms with Gasteiger partial charge in [-0.15, -0.1) is 6.58 Å². The van der Waals surface area contributed by atoms with Gasteiger partial charge in [0.2, 0.25) is 0 Å². The van der Waals surface area contributed by atoms with Gasteiger partial charge in [-0.3, -0.25) is 0 Å². The van der Waals surface area contributed by atoms with E-state index in [-0.39, 0.29) is 11.8 Å². The number of rotatable bonds is 3. The van der Waals surface area contributed by atoms with E-state index in [1.165, 1.54) is 7.11 Å². The van der Waals surface area contributed by atoms with Crippen molar-refractivity contribution in [2.24, 2.45) is 5.73 Å². The summed E-state index contributed by atoms with van der Waals surface area (Å²) < 4.78 is 5.55. The minimum absolute atomic E-state index is 0.0764. The molecule has 3 nitrogen and oxygen atoms in total. The first-order valence-electron chi connectivity index (χ1n) is 4.04. The predicted molar refractivity (Wildman–Crippen MR) is 59.5 cm³/mol. The molecule has 0 saturated heterocycles. The van der Waals surface area contributed by atoms with E-state index in [4.69, 9.17) is 10.5 Å². The van der Waals surface area contributed by atoms with Crippen molar-refractivity contribution in [3.8, 4) is 11.5 Å². The van der Waals surface area contributed by atoms with Crippen LogP contribution in [0, 0.1) is 0 Å². The number of phenols is 1. The summed E-state index contributed by atoms with van der Waals surface area (Å²) in [5, 5.41) is 9.54. The zero-order valence-corrected chi connectivity index (χ0v) is 9.41. The molecule has 0 unspecified atom stereocenters. The molecule has 14 heavy (non-hydrogen) atoms. The molecular weight excluding hydrogens is 246 g/mol. The van der Waals surface area contributed by atoms with Crippen molar-refractivity contribution in [2.45, 2.75) is 6.04 Å². The summed E-state index contributed by atoms with van der Waals surface area (Å²) in [6.07, 6.45) is 1.62. The Morgan fingerprint density at radius 1 is 1.64 bits per heavy atom. The summed E-state index contributed by atoms with van der Waals surface area (Å²) in [5.74, 6) is 0.471. The van der Waals surface area contributed by atoms with Crippen LogP contribution in [-0.4, -0.2) is 12.2 Å². The molecule has 0 aliphatic carbocycles. The predicted octanol–water partition coefficient (Wildman–Crippen LogP) is 2.35. The summed E-state index contributed by atoms with van der Waals surface area (Å²) in [7, 11) is 1.49. The second kappa shape index (κ2) is 4.48. The van der Waals surface area contributed by atoms with Crippen LogP contribution in [-0.2, 0) is 0 Å². The fourth-order valence-electron chi connectivity index (χ4n) is 1.08. The van der Waals surface area contributed by atoms with E-state index < -0.39 is 0 Å². The Hall–Kier alpha value is -1.00. The molecule has 0 aliphatic heterocycles. The first-order chi connectivity index (χ1) is 6.60. The zero-order chi connectivity index (χ0) is 10.7. The Morgan fingerprint density at radius 3 is 2.79 bits per heavy atom. The molecule has 0 aromatic heterocycles. The van der Waals surface area contributed by atoms with Gasteiger partial charge in [0.1, 0.15) is 0 Å². The molecule has 3 N–H and O–H groups in total. The SMILES string of the molecule is C=C[C@H](N)c1cc(Br)c(O)c(OC)c1. The highest BCUT2D eigenvalue weighted by Gasteiger charge is 2.11. The van der Waals surface area contributed by atoms with Gasteiger partial charge < -0.3 is 15.6 Å². The first kappa shape index (κ1) is 11.1. The van der Waals surface area contributed by atoms with Crippen LogP contribution in [0.15, 0.2) is 29.3 Å². The van der Waals surface area contributed by atoms with Crippen LogP contribution in [0.25, 0.3) is 0 Å². The fourth-order valence-corrected chi connectivity index (χ4v) is 1.54. The molecule has 0 spiro atoms. The number of benzene rings is 1.